The Hall–Kier alpha value is -1.82. The van der Waals surface area contributed by atoms with E-state index >= 15 is 0 Å². The maximum Gasteiger partial charge on any atom is 0.409 e. The smallest absolute Gasteiger partial charge is 0.409 e. The van der Waals surface area contributed by atoms with E-state index < -0.39 is 0 Å². The Bertz CT molecular complexity index is 629. The first-order valence-corrected chi connectivity index (χ1v) is 10.9. The van der Waals surface area contributed by atoms with Crippen LogP contribution < -0.4 is 4.74 Å². The molecular formula is C22H35N3O3. The zero-order chi connectivity index (χ0) is 19.9. The number of piperidine rings is 1. The highest BCUT2D eigenvalue weighted by atomic mass is 16.6. The third-order valence-corrected chi connectivity index (χ3v) is 5.86. The molecule has 2 aliphatic rings. The van der Waals surface area contributed by atoms with Crippen LogP contribution in [0.1, 0.15) is 64.4 Å². The van der Waals surface area contributed by atoms with E-state index in [1.165, 1.54) is 5.56 Å². The minimum Gasteiger partial charge on any atom is -0.475 e. The predicted molar refractivity (Wildman–Crippen MR) is 110 cm³/mol. The predicted octanol–water partition coefficient (Wildman–Crippen LogP) is 4.06. The minimum atomic E-state index is -0.156. The van der Waals surface area contributed by atoms with Crippen LogP contribution in [0.15, 0.2) is 18.3 Å². The molecule has 2 fully saturated rings. The highest BCUT2D eigenvalue weighted by Crippen LogP contribution is 2.34. The van der Waals surface area contributed by atoms with Gasteiger partial charge in [-0.15, -0.1) is 0 Å². The van der Waals surface area contributed by atoms with E-state index in [0.29, 0.717) is 18.6 Å². The number of hydrogen-bond donors (Lipinski definition) is 0. The lowest BCUT2D eigenvalue weighted by atomic mass is 9.88. The second-order valence-corrected chi connectivity index (χ2v) is 8.15. The van der Waals surface area contributed by atoms with Crippen molar-refractivity contribution in [2.75, 3.05) is 32.8 Å². The zero-order valence-electron chi connectivity index (χ0n) is 17.6. The van der Waals surface area contributed by atoms with E-state index in [1.54, 1.807) is 0 Å². The van der Waals surface area contributed by atoms with Gasteiger partial charge in [0.1, 0.15) is 0 Å². The molecule has 1 atom stereocenters. The lowest BCUT2D eigenvalue weighted by molar-refractivity contribution is 0.105. The SMILES string of the molecule is CCOC(=O)N1CCCC(N2CCC(c3cccnc3OC(C)C)CC2)CC1. The Morgan fingerprint density at radius 2 is 1.96 bits per heavy atom. The van der Waals surface area contributed by atoms with Gasteiger partial charge in [-0.25, -0.2) is 9.78 Å². The molecule has 156 valence electrons. The van der Waals surface area contributed by atoms with Crippen molar-refractivity contribution >= 4 is 6.09 Å². The third-order valence-electron chi connectivity index (χ3n) is 5.86. The van der Waals surface area contributed by atoms with Crippen molar-refractivity contribution in [1.82, 2.24) is 14.8 Å². The maximum absolute atomic E-state index is 12.0. The molecule has 3 heterocycles. The summed E-state index contributed by atoms with van der Waals surface area (Å²) in [5.74, 6) is 1.32. The van der Waals surface area contributed by atoms with E-state index in [9.17, 15) is 4.79 Å². The first kappa shape index (κ1) is 20.9. The number of amides is 1. The summed E-state index contributed by atoms with van der Waals surface area (Å²) in [5, 5.41) is 0. The number of pyridine rings is 1. The number of carbonyl (C=O) groups is 1. The summed E-state index contributed by atoms with van der Waals surface area (Å²) in [6.07, 6.45) is 7.33. The first-order valence-electron chi connectivity index (χ1n) is 10.9. The van der Waals surface area contributed by atoms with Crippen LogP contribution in [0.25, 0.3) is 0 Å². The summed E-state index contributed by atoms with van der Waals surface area (Å²) in [6.45, 7) is 10.2. The molecule has 28 heavy (non-hydrogen) atoms. The number of aromatic nitrogens is 1. The number of carbonyl (C=O) groups excluding carboxylic acids is 1. The Balaban J connectivity index is 1.54. The van der Waals surface area contributed by atoms with Gasteiger partial charge in [-0.1, -0.05) is 6.07 Å². The van der Waals surface area contributed by atoms with Crippen LogP contribution in [0.2, 0.25) is 0 Å². The normalized spacial score (nSPS) is 22.1. The molecule has 0 N–H and O–H groups in total. The van der Waals surface area contributed by atoms with Crippen molar-refractivity contribution < 1.29 is 14.3 Å². The number of likely N-dealkylation sites (tertiary alicyclic amines) is 2. The molecule has 0 aliphatic carbocycles. The van der Waals surface area contributed by atoms with Gasteiger partial charge >= 0.3 is 6.09 Å². The molecule has 3 rings (SSSR count). The number of nitrogens with zero attached hydrogens (tertiary/aromatic N) is 3. The number of ether oxygens (including phenoxy) is 2. The Morgan fingerprint density at radius 1 is 1.18 bits per heavy atom. The molecule has 0 bridgehead atoms. The molecular weight excluding hydrogens is 354 g/mol. The number of rotatable bonds is 5. The van der Waals surface area contributed by atoms with Gasteiger partial charge in [0, 0.05) is 30.9 Å². The second-order valence-electron chi connectivity index (χ2n) is 8.15. The lowest BCUT2D eigenvalue weighted by Gasteiger charge is -2.37. The van der Waals surface area contributed by atoms with Crippen molar-refractivity contribution in [3.8, 4) is 5.88 Å². The second kappa shape index (κ2) is 10.1. The summed E-state index contributed by atoms with van der Waals surface area (Å²) < 4.78 is 11.1. The standard InChI is InChI=1S/C22H35N3O3/c1-4-27-22(26)25-13-6-7-19(11-16-25)24-14-9-18(10-15-24)20-8-5-12-23-21(20)28-17(2)3/h5,8,12,17-19H,4,6-7,9-11,13-16H2,1-3H3. The summed E-state index contributed by atoms with van der Waals surface area (Å²) in [5.41, 5.74) is 1.25. The van der Waals surface area contributed by atoms with Gasteiger partial charge < -0.3 is 19.3 Å². The van der Waals surface area contributed by atoms with Crippen molar-refractivity contribution in [2.24, 2.45) is 0 Å². The monoisotopic (exact) mass is 389 g/mol. The molecule has 1 aromatic heterocycles. The molecule has 0 saturated carbocycles. The summed E-state index contributed by atoms with van der Waals surface area (Å²) in [6, 6.07) is 4.76. The Morgan fingerprint density at radius 3 is 2.68 bits per heavy atom. The number of hydrogen-bond acceptors (Lipinski definition) is 5. The molecule has 6 nitrogen and oxygen atoms in total. The maximum atomic E-state index is 12.0. The average molecular weight is 390 g/mol. The fourth-order valence-corrected chi connectivity index (χ4v) is 4.45. The van der Waals surface area contributed by atoms with Crippen LogP contribution in [-0.4, -0.2) is 65.8 Å². The van der Waals surface area contributed by atoms with E-state index in [1.807, 2.05) is 37.9 Å². The van der Waals surface area contributed by atoms with E-state index in [4.69, 9.17) is 9.47 Å². The fourth-order valence-electron chi connectivity index (χ4n) is 4.45. The van der Waals surface area contributed by atoms with Crippen molar-refractivity contribution in [1.29, 1.82) is 0 Å². The topological polar surface area (TPSA) is 54.9 Å². The van der Waals surface area contributed by atoms with E-state index in [-0.39, 0.29) is 12.2 Å². The van der Waals surface area contributed by atoms with Gasteiger partial charge in [-0.3, -0.25) is 0 Å². The summed E-state index contributed by atoms with van der Waals surface area (Å²) in [4.78, 5) is 21.0. The van der Waals surface area contributed by atoms with Crippen molar-refractivity contribution in [3.05, 3.63) is 23.9 Å². The van der Waals surface area contributed by atoms with Gasteiger partial charge in [-0.05, 0) is 77.9 Å². The van der Waals surface area contributed by atoms with Crippen LogP contribution in [-0.2, 0) is 4.74 Å². The minimum absolute atomic E-state index is 0.141. The van der Waals surface area contributed by atoms with Crippen molar-refractivity contribution in [3.63, 3.8) is 0 Å². The molecule has 1 aromatic rings. The highest BCUT2D eigenvalue weighted by Gasteiger charge is 2.30. The van der Waals surface area contributed by atoms with Gasteiger partial charge in [0.2, 0.25) is 5.88 Å². The van der Waals surface area contributed by atoms with Gasteiger partial charge in [0.25, 0.3) is 0 Å². The van der Waals surface area contributed by atoms with Gasteiger partial charge in [0.05, 0.1) is 12.7 Å². The lowest BCUT2D eigenvalue weighted by Crippen LogP contribution is -2.41. The van der Waals surface area contributed by atoms with Crippen LogP contribution in [0, 0.1) is 0 Å². The first-order chi connectivity index (χ1) is 13.6. The molecule has 6 heteroatoms. The van der Waals surface area contributed by atoms with Crippen molar-refractivity contribution in [2.45, 2.75) is 70.9 Å². The largest absolute Gasteiger partial charge is 0.475 e. The third kappa shape index (κ3) is 5.37. The zero-order valence-corrected chi connectivity index (χ0v) is 17.6. The molecule has 1 unspecified atom stereocenters. The highest BCUT2D eigenvalue weighted by molar-refractivity contribution is 5.67. The molecule has 0 aromatic carbocycles. The Labute approximate surface area is 169 Å². The summed E-state index contributed by atoms with van der Waals surface area (Å²) >= 11 is 0. The van der Waals surface area contributed by atoms with Gasteiger partial charge in [0.15, 0.2) is 0 Å². The molecule has 0 radical (unpaired) electrons. The summed E-state index contributed by atoms with van der Waals surface area (Å²) in [7, 11) is 0. The quantitative estimate of drug-likeness (QED) is 0.760. The van der Waals surface area contributed by atoms with Crippen LogP contribution in [0.4, 0.5) is 4.79 Å². The molecule has 1 amide bonds. The molecule has 2 saturated heterocycles. The van der Waals surface area contributed by atoms with E-state index in [0.717, 1.165) is 64.2 Å². The van der Waals surface area contributed by atoms with Crippen LogP contribution in [0.5, 0.6) is 5.88 Å². The Kier molecular flexibility index (Phi) is 7.54. The van der Waals surface area contributed by atoms with E-state index in [2.05, 4.69) is 16.0 Å². The average Bonchev–Trinajstić information content (AvgIpc) is 2.95. The van der Waals surface area contributed by atoms with Crippen LogP contribution >= 0.6 is 0 Å². The molecule has 2 aliphatic heterocycles. The molecule has 0 spiro atoms. The van der Waals surface area contributed by atoms with Crippen LogP contribution in [0.3, 0.4) is 0 Å². The van der Waals surface area contributed by atoms with Gasteiger partial charge in [-0.2, -0.15) is 0 Å². The fraction of sp³-hybridized carbons (Fsp3) is 0.727.